The molecule has 1 aliphatic carbocycles. The lowest BCUT2D eigenvalue weighted by molar-refractivity contribution is -0.143. The van der Waals surface area contributed by atoms with E-state index in [1.807, 2.05) is 18.2 Å². The van der Waals surface area contributed by atoms with Gasteiger partial charge in [-0.1, -0.05) is 49.6 Å². The molecule has 3 heteroatoms. The van der Waals surface area contributed by atoms with Gasteiger partial charge in [0.05, 0.1) is 5.41 Å². The molecule has 1 aliphatic rings. The number of carbonyl (C=O) groups is 1. The van der Waals surface area contributed by atoms with Gasteiger partial charge in [0.2, 0.25) is 8.32 Å². The van der Waals surface area contributed by atoms with E-state index < -0.39 is 8.32 Å². The van der Waals surface area contributed by atoms with Crippen molar-refractivity contribution >= 4 is 14.3 Å². The average molecular weight is 276 g/mol. The summed E-state index contributed by atoms with van der Waals surface area (Å²) >= 11 is 0. The molecule has 0 saturated heterocycles. The minimum absolute atomic E-state index is 0.0116. The SMILES string of the molecule is C[Si](C)(C)OC(=O)C1(c2ccccc2)CCCCC1. The molecule has 2 rings (SSSR count). The van der Waals surface area contributed by atoms with Crippen molar-refractivity contribution in [3.8, 4) is 0 Å². The predicted octanol–water partition coefficient (Wildman–Crippen LogP) is 4.27. The minimum atomic E-state index is -1.83. The summed E-state index contributed by atoms with van der Waals surface area (Å²) in [6.07, 6.45) is 5.33. The van der Waals surface area contributed by atoms with Crippen molar-refractivity contribution in [1.29, 1.82) is 0 Å². The summed E-state index contributed by atoms with van der Waals surface area (Å²) < 4.78 is 5.83. The van der Waals surface area contributed by atoms with Crippen molar-refractivity contribution in [2.45, 2.75) is 57.2 Å². The summed E-state index contributed by atoms with van der Waals surface area (Å²) in [5.74, 6) is 0.0116. The first-order chi connectivity index (χ1) is 8.94. The third kappa shape index (κ3) is 3.27. The molecule has 0 radical (unpaired) electrons. The Labute approximate surface area is 117 Å². The third-order valence-electron chi connectivity index (χ3n) is 3.82. The van der Waals surface area contributed by atoms with Gasteiger partial charge >= 0.3 is 5.97 Å². The predicted molar refractivity (Wildman–Crippen MR) is 80.6 cm³/mol. The van der Waals surface area contributed by atoms with Crippen LogP contribution in [0.15, 0.2) is 30.3 Å². The normalized spacial score (nSPS) is 18.9. The molecule has 0 N–H and O–H groups in total. The molecule has 2 nitrogen and oxygen atoms in total. The Balaban J connectivity index is 2.32. The van der Waals surface area contributed by atoms with Crippen LogP contribution < -0.4 is 0 Å². The van der Waals surface area contributed by atoms with E-state index in [-0.39, 0.29) is 11.4 Å². The van der Waals surface area contributed by atoms with Gasteiger partial charge in [-0.3, -0.25) is 4.79 Å². The fraction of sp³-hybridized carbons (Fsp3) is 0.562. The molecule has 1 aromatic rings. The van der Waals surface area contributed by atoms with E-state index in [4.69, 9.17) is 4.43 Å². The van der Waals surface area contributed by atoms with Crippen molar-refractivity contribution in [2.24, 2.45) is 0 Å². The molecule has 0 heterocycles. The molecule has 19 heavy (non-hydrogen) atoms. The fourth-order valence-electron chi connectivity index (χ4n) is 2.90. The van der Waals surface area contributed by atoms with E-state index in [1.54, 1.807) is 0 Å². The van der Waals surface area contributed by atoms with Crippen LogP contribution in [-0.2, 0) is 14.6 Å². The van der Waals surface area contributed by atoms with Gasteiger partial charge in [-0.15, -0.1) is 0 Å². The van der Waals surface area contributed by atoms with Crippen LogP contribution >= 0.6 is 0 Å². The lowest BCUT2D eigenvalue weighted by Crippen LogP contribution is -2.44. The Kier molecular flexibility index (Phi) is 4.14. The molecule has 104 valence electrons. The molecule has 0 aromatic heterocycles. The van der Waals surface area contributed by atoms with Crippen molar-refractivity contribution in [3.05, 3.63) is 35.9 Å². The van der Waals surface area contributed by atoms with Crippen LogP contribution in [0.3, 0.4) is 0 Å². The largest absolute Gasteiger partial charge is 0.519 e. The Morgan fingerprint density at radius 3 is 2.16 bits per heavy atom. The highest BCUT2D eigenvalue weighted by Gasteiger charge is 2.43. The highest BCUT2D eigenvalue weighted by Crippen LogP contribution is 2.41. The number of carbonyl (C=O) groups excluding carboxylic acids is 1. The van der Waals surface area contributed by atoms with Crippen LogP contribution in [0.25, 0.3) is 0 Å². The minimum Gasteiger partial charge on any atom is -0.519 e. The second-order valence-electron chi connectivity index (χ2n) is 6.51. The molecule has 1 saturated carbocycles. The van der Waals surface area contributed by atoms with Crippen LogP contribution in [0.5, 0.6) is 0 Å². The van der Waals surface area contributed by atoms with E-state index in [0.29, 0.717) is 0 Å². The van der Waals surface area contributed by atoms with E-state index in [9.17, 15) is 4.79 Å². The second kappa shape index (κ2) is 5.49. The first-order valence-electron chi connectivity index (χ1n) is 7.23. The van der Waals surface area contributed by atoms with Crippen molar-refractivity contribution in [3.63, 3.8) is 0 Å². The molecule has 0 atom stereocenters. The van der Waals surface area contributed by atoms with Gasteiger partial charge in [-0.25, -0.2) is 0 Å². The smallest absolute Gasteiger partial charge is 0.303 e. The van der Waals surface area contributed by atoms with Crippen molar-refractivity contribution in [1.82, 2.24) is 0 Å². The molecule has 0 spiro atoms. The molecular weight excluding hydrogens is 252 g/mol. The first-order valence-corrected chi connectivity index (χ1v) is 10.6. The quantitative estimate of drug-likeness (QED) is 0.771. The van der Waals surface area contributed by atoms with Crippen LogP contribution in [0.4, 0.5) is 0 Å². The number of hydrogen-bond donors (Lipinski definition) is 0. The summed E-state index contributed by atoms with van der Waals surface area (Å²) in [6, 6.07) is 10.2. The Bertz CT molecular complexity index is 428. The Hall–Kier alpha value is -1.09. The zero-order chi connectivity index (χ0) is 13.9. The topological polar surface area (TPSA) is 26.3 Å². The second-order valence-corrected chi connectivity index (χ2v) is 10.9. The summed E-state index contributed by atoms with van der Waals surface area (Å²) in [4.78, 5) is 12.7. The summed E-state index contributed by atoms with van der Waals surface area (Å²) in [5.41, 5.74) is 0.748. The highest BCUT2D eigenvalue weighted by atomic mass is 28.4. The summed E-state index contributed by atoms with van der Waals surface area (Å²) in [6.45, 7) is 6.23. The zero-order valence-electron chi connectivity index (χ0n) is 12.2. The lowest BCUT2D eigenvalue weighted by atomic mass is 9.69. The lowest BCUT2D eigenvalue weighted by Gasteiger charge is -2.37. The maximum Gasteiger partial charge on any atom is 0.303 e. The summed E-state index contributed by atoms with van der Waals surface area (Å²) in [7, 11) is -1.83. The molecule has 0 amide bonds. The van der Waals surface area contributed by atoms with Crippen LogP contribution in [0, 0.1) is 0 Å². The molecule has 1 aromatic carbocycles. The maximum atomic E-state index is 12.7. The van der Waals surface area contributed by atoms with Gasteiger partial charge in [0.25, 0.3) is 0 Å². The van der Waals surface area contributed by atoms with E-state index in [0.717, 1.165) is 31.2 Å². The monoisotopic (exact) mass is 276 g/mol. The zero-order valence-corrected chi connectivity index (χ0v) is 13.2. The van der Waals surface area contributed by atoms with Gasteiger partial charge in [0.15, 0.2) is 0 Å². The number of benzene rings is 1. The van der Waals surface area contributed by atoms with Crippen molar-refractivity contribution < 1.29 is 9.22 Å². The fourth-order valence-corrected chi connectivity index (χ4v) is 3.65. The maximum absolute atomic E-state index is 12.7. The Morgan fingerprint density at radius 1 is 1.05 bits per heavy atom. The van der Waals surface area contributed by atoms with Crippen LogP contribution in [0.1, 0.15) is 37.7 Å². The number of rotatable bonds is 3. The van der Waals surface area contributed by atoms with Gasteiger partial charge in [0.1, 0.15) is 0 Å². The molecule has 0 bridgehead atoms. The first kappa shape index (κ1) is 14.3. The number of hydrogen-bond acceptors (Lipinski definition) is 2. The summed E-state index contributed by atoms with van der Waals surface area (Å²) in [5, 5.41) is 0. The highest BCUT2D eigenvalue weighted by molar-refractivity contribution is 6.71. The molecule has 0 unspecified atom stereocenters. The van der Waals surface area contributed by atoms with Crippen molar-refractivity contribution in [2.75, 3.05) is 0 Å². The van der Waals surface area contributed by atoms with E-state index in [1.165, 1.54) is 6.42 Å². The van der Waals surface area contributed by atoms with Gasteiger partial charge in [-0.05, 0) is 38.0 Å². The Morgan fingerprint density at radius 2 is 1.63 bits per heavy atom. The van der Waals surface area contributed by atoms with Gasteiger partial charge < -0.3 is 4.43 Å². The molecule has 0 aliphatic heterocycles. The van der Waals surface area contributed by atoms with E-state index in [2.05, 4.69) is 31.8 Å². The molecular formula is C16H24O2Si. The average Bonchev–Trinajstić information content (AvgIpc) is 2.38. The van der Waals surface area contributed by atoms with E-state index >= 15 is 0 Å². The standard InChI is InChI=1S/C16H24O2Si/c1-19(2,3)18-15(17)16(12-8-5-9-13-16)14-10-6-4-7-11-14/h4,6-7,10-11H,5,8-9,12-13H2,1-3H3. The van der Waals surface area contributed by atoms with Crippen LogP contribution in [-0.4, -0.2) is 14.3 Å². The van der Waals surface area contributed by atoms with Crippen LogP contribution in [0.2, 0.25) is 19.6 Å². The van der Waals surface area contributed by atoms with Gasteiger partial charge in [0, 0.05) is 0 Å². The molecule has 1 fully saturated rings. The third-order valence-corrected chi connectivity index (χ3v) is 4.62. The van der Waals surface area contributed by atoms with Gasteiger partial charge in [-0.2, -0.15) is 0 Å².